The number of halogens is 2. The summed E-state index contributed by atoms with van der Waals surface area (Å²) in [6, 6.07) is 12.5. The van der Waals surface area contributed by atoms with E-state index in [4.69, 9.17) is 9.47 Å². The van der Waals surface area contributed by atoms with Crippen molar-refractivity contribution < 1.29 is 18.3 Å². The molecular formula is C20H23F2NO2. The number of nitrogens with zero attached hydrogens (tertiary/aromatic N) is 1. The normalized spacial score (nSPS) is 21.1. The molecule has 1 aliphatic rings. The van der Waals surface area contributed by atoms with Crippen LogP contribution in [0.1, 0.15) is 19.8 Å². The van der Waals surface area contributed by atoms with Crippen molar-refractivity contribution in [2.75, 3.05) is 26.2 Å². The van der Waals surface area contributed by atoms with Crippen molar-refractivity contribution in [2.24, 2.45) is 0 Å². The minimum Gasteiger partial charge on any atom is -0.489 e. The third-order valence-electron chi connectivity index (χ3n) is 4.42. The molecule has 2 aromatic carbocycles. The zero-order chi connectivity index (χ0) is 17.7. The predicted octanol–water partition coefficient (Wildman–Crippen LogP) is 4.28. The molecule has 1 aliphatic heterocycles. The van der Waals surface area contributed by atoms with Crippen LogP contribution in [0.15, 0.2) is 48.5 Å². The molecule has 1 heterocycles. The average Bonchev–Trinajstić information content (AvgIpc) is 2.59. The molecule has 5 heteroatoms. The topological polar surface area (TPSA) is 21.7 Å². The van der Waals surface area contributed by atoms with Gasteiger partial charge >= 0.3 is 0 Å². The zero-order valence-electron chi connectivity index (χ0n) is 14.4. The van der Waals surface area contributed by atoms with Gasteiger partial charge in [-0.3, -0.25) is 4.90 Å². The second-order valence-corrected chi connectivity index (χ2v) is 6.66. The van der Waals surface area contributed by atoms with Crippen LogP contribution in [-0.4, -0.2) is 36.7 Å². The molecule has 0 spiro atoms. The summed E-state index contributed by atoms with van der Waals surface area (Å²) < 4.78 is 38.2. The summed E-state index contributed by atoms with van der Waals surface area (Å²) in [6.07, 6.45) is 1.95. The first-order valence-electron chi connectivity index (χ1n) is 8.58. The van der Waals surface area contributed by atoms with Crippen LogP contribution in [0.3, 0.4) is 0 Å². The second kappa shape index (κ2) is 7.83. The highest BCUT2D eigenvalue weighted by molar-refractivity contribution is 5.24. The standard InChI is InChI=1S/C20H23F2NO2/c1-20(25-17-9-7-16(21)8-10-17)11-4-12-23(15-20)13-14-24-19-6-3-2-5-18(19)22/h2-3,5-10H,4,11-15H2,1H3. The van der Waals surface area contributed by atoms with Crippen molar-refractivity contribution in [3.63, 3.8) is 0 Å². The van der Waals surface area contributed by atoms with E-state index in [1.807, 2.05) is 0 Å². The zero-order valence-corrected chi connectivity index (χ0v) is 14.4. The Labute approximate surface area is 147 Å². The van der Waals surface area contributed by atoms with Crippen LogP contribution in [0.2, 0.25) is 0 Å². The molecule has 0 amide bonds. The predicted molar refractivity (Wildman–Crippen MR) is 93.0 cm³/mol. The van der Waals surface area contributed by atoms with Crippen LogP contribution in [0.5, 0.6) is 11.5 Å². The third-order valence-corrected chi connectivity index (χ3v) is 4.42. The minimum atomic E-state index is -0.342. The smallest absolute Gasteiger partial charge is 0.165 e. The lowest BCUT2D eigenvalue weighted by molar-refractivity contribution is 0.00196. The van der Waals surface area contributed by atoms with E-state index in [2.05, 4.69) is 11.8 Å². The Bertz CT molecular complexity index is 692. The van der Waals surface area contributed by atoms with E-state index >= 15 is 0 Å². The first-order valence-corrected chi connectivity index (χ1v) is 8.58. The summed E-state index contributed by atoms with van der Waals surface area (Å²) in [5.41, 5.74) is -0.325. The second-order valence-electron chi connectivity index (χ2n) is 6.66. The van der Waals surface area contributed by atoms with Crippen LogP contribution in [-0.2, 0) is 0 Å². The molecule has 3 nitrogen and oxygen atoms in total. The Balaban J connectivity index is 1.52. The van der Waals surface area contributed by atoms with Gasteiger partial charge in [0, 0.05) is 13.1 Å². The van der Waals surface area contributed by atoms with E-state index in [1.54, 1.807) is 30.3 Å². The van der Waals surface area contributed by atoms with Crippen molar-refractivity contribution in [3.05, 3.63) is 60.2 Å². The molecule has 0 aromatic heterocycles. The van der Waals surface area contributed by atoms with Gasteiger partial charge < -0.3 is 9.47 Å². The number of hydrogen-bond donors (Lipinski definition) is 0. The molecule has 2 aromatic rings. The van der Waals surface area contributed by atoms with Gasteiger partial charge in [0.25, 0.3) is 0 Å². The highest BCUT2D eigenvalue weighted by atomic mass is 19.1. The number of hydrogen-bond acceptors (Lipinski definition) is 3. The lowest BCUT2D eigenvalue weighted by atomic mass is 9.94. The Morgan fingerprint density at radius 2 is 1.84 bits per heavy atom. The molecule has 25 heavy (non-hydrogen) atoms. The molecule has 0 bridgehead atoms. The number of ether oxygens (including phenoxy) is 2. The van der Waals surface area contributed by atoms with Crippen LogP contribution in [0, 0.1) is 11.6 Å². The monoisotopic (exact) mass is 347 g/mol. The highest BCUT2D eigenvalue weighted by Crippen LogP contribution is 2.27. The van der Waals surface area contributed by atoms with Crippen molar-refractivity contribution >= 4 is 0 Å². The molecule has 0 saturated carbocycles. The van der Waals surface area contributed by atoms with Crippen molar-refractivity contribution in [3.8, 4) is 11.5 Å². The van der Waals surface area contributed by atoms with E-state index in [0.717, 1.165) is 25.9 Å². The molecule has 0 aliphatic carbocycles. The first kappa shape index (κ1) is 17.7. The summed E-state index contributed by atoms with van der Waals surface area (Å²) in [4.78, 5) is 2.26. The molecular weight excluding hydrogens is 324 g/mol. The molecule has 1 saturated heterocycles. The van der Waals surface area contributed by atoms with E-state index < -0.39 is 0 Å². The molecule has 0 N–H and O–H groups in total. The molecule has 1 atom stereocenters. The van der Waals surface area contributed by atoms with Crippen molar-refractivity contribution in [2.45, 2.75) is 25.4 Å². The van der Waals surface area contributed by atoms with Crippen molar-refractivity contribution in [1.82, 2.24) is 4.90 Å². The first-order chi connectivity index (χ1) is 12.0. The van der Waals surface area contributed by atoms with Gasteiger partial charge in [-0.1, -0.05) is 12.1 Å². The van der Waals surface area contributed by atoms with Gasteiger partial charge in [-0.15, -0.1) is 0 Å². The summed E-state index contributed by atoms with van der Waals surface area (Å²) in [5.74, 6) is 0.344. The lowest BCUT2D eigenvalue weighted by Crippen LogP contribution is -2.50. The van der Waals surface area contributed by atoms with E-state index in [9.17, 15) is 8.78 Å². The van der Waals surface area contributed by atoms with Crippen LogP contribution >= 0.6 is 0 Å². The van der Waals surface area contributed by atoms with Crippen LogP contribution in [0.4, 0.5) is 8.78 Å². The Hall–Kier alpha value is -2.14. The molecule has 1 fully saturated rings. The van der Waals surface area contributed by atoms with E-state index in [-0.39, 0.29) is 23.0 Å². The van der Waals surface area contributed by atoms with E-state index in [0.29, 0.717) is 18.9 Å². The van der Waals surface area contributed by atoms with Crippen LogP contribution in [0.25, 0.3) is 0 Å². The third kappa shape index (κ3) is 4.92. The molecule has 3 rings (SSSR count). The van der Waals surface area contributed by atoms with Gasteiger partial charge in [-0.25, -0.2) is 8.78 Å². The minimum absolute atomic E-state index is 0.270. The van der Waals surface area contributed by atoms with Gasteiger partial charge in [0.05, 0.1) is 0 Å². The molecule has 1 unspecified atom stereocenters. The van der Waals surface area contributed by atoms with Crippen LogP contribution < -0.4 is 9.47 Å². The number of rotatable bonds is 6. The van der Waals surface area contributed by atoms with Gasteiger partial charge in [0.15, 0.2) is 11.6 Å². The van der Waals surface area contributed by atoms with Gasteiger partial charge in [-0.2, -0.15) is 0 Å². The molecule has 0 radical (unpaired) electrons. The Kier molecular flexibility index (Phi) is 5.53. The fourth-order valence-corrected chi connectivity index (χ4v) is 3.22. The highest BCUT2D eigenvalue weighted by Gasteiger charge is 2.32. The van der Waals surface area contributed by atoms with Gasteiger partial charge in [0.2, 0.25) is 0 Å². The quantitative estimate of drug-likeness (QED) is 0.779. The summed E-state index contributed by atoms with van der Waals surface area (Å²) in [6.45, 7) is 4.92. The fourth-order valence-electron chi connectivity index (χ4n) is 3.22. The maximum atomic E-state index is 13.6. The molecule has 134 valence electrons. The Morgan fingerprint density at radius 3 is 2.60 bits per heavy atom. The Morgan fingerprint density at radius 1 is 1.08 bits per heavy atom. The van der Waals surface area contributed by atoms with Gasteiger partial charge in [-0.05, 0) is 62.7 Å². The lowest BCUT2D eigenvalue weighted by Gasteiger charge is -2.40. The number of para-hydroxylation sites is 1. The van der Waals surface area contributed by atoms with E-state index in [1.165, 1.54) is 18.2 Å². The number of likely N-dealkylation sites (tertiary alicyclic amines) is 1. The summed E-state index contributed by atoms with van der Waals surface area (Å²) in [5, 5.41) is 0. The SMILES string of the molecule is CC1(Oc2ccc(F)cc2)CCCN(CCOc2ccccc2F)C1. The fraction of sp³-hybridized carbons (Fsp3) is 0.400. The average molecular weight is 347 g/mol. The van der Waals surface area contributed by atoms with Gasteiger partial charge in [0.1, 0.15) is 23.8 Å². The maximum absolute atomic E-state index is 13.6. The summed E-state index contributed by atoms with van der Waals surface area (Å²) in [7, 11) is 0. The van der Waals surface area contributed by atoms with Crippen molar-refractivity contribution in [1.29, 1.82) is 0 Å². The summed E-state index contributed by atoms with van der Waals surface area (Å²) >= 11 is 0. The number of benzene rings is 2. The maximum Gasteiger partial charge on any atom is 0.165 e. The largest absolute Gasteiger partial charge is 0.489 e. The number of piperidine rings is 1.